The summed E-state index contributed by atoms with van der Waals surface area (Å²) in [6, 6.07) is 81.4. The fraction of sp³-hybridized carbons (Fsp3) is 0. The number of hydrogen-bond acceptors (Lipinski definition) is 8. The lowest BCUT2D eigenvalue weighted by molar-refractivity contribution is 0.430. The van der Waals surface area contributed by atoms with Crippen molar-refractivity contribution in [3.05, 3.63) is 265 Å². The monoisotopic (exact) mass is 919 g/mol. The van der Waals surface area contributed by atoms with E-state index in [1.54, 1.807) is 0 Å². The van der Waals surface area contributed by atoms with Crippen molar-refractivity contribution in [2.45, 2.75) is 0 Å². The van der Waals surface area contributed by atoms with Gasteiger partial charge in [-0.15, -0.1) is 0 Å². The number of rotatable bonds is 14. The highest BCUT2D eigenvalue weighted by molar-refractivity contribution is 5.80. The molecule has 3 aromatic heterocycles. The molecule has 0 saturated carbocycles. The number of nitrogens with zero attached hydrogens (tertiary/aromatic N) is 5. The molecule has 0 radical (unpaired) electrons. The highest BCUT2D eigenvalue weighted by Crippen LogP contribution is 2.38. The van der Waals surface area contributed by atoms with Gasteiger partial charge < -0.3 is 23.7 Å². The summed E-state index contributed by atoms with van der Waals surface area (Å²) < 4.78 is 12.5. The van der Waals surface area contributed by atoms with Crippen LogP contribution >= 0.6 is 0 Å². The Balaban J connectivity index is 0.721. The summed E-state index contributed by atoms with van der Waals surface area (Å²) in [4.78, 5) is 17.7. The number of benzene rings is 8. The predicted molar refractivity (Wildman–Crippen MR) is 288 cm³/mol. The van der Waals surface area contributed by atoms with Gasteiger partial charge in [-0.2, -0.15) is 9.97 Å². The van der Waals surface area contributed by atoms with Crippen LogP contribution in [0.25, 0.3) is 69.7 Å². The molecular weight excluding hydrogens is 875 g/mol. The molecule has 11 aromatic rings. The molecule has 0 bridgehead atoms. The maximum Gasteiger partial charge on any atom is 0.318 e. The van der Waals surface area contributed by atoms with Crippen LogP contribution in [0, 0.1) is 0 Å². The topological polar surface area (TPSA) is 91.7 Å². The third-order valence-corrected chi connectivity index (χ3v) is 12.0. The highest BCUT2D eigenvalue weighted by atomic mass is 16.3. The van der Waals surface area contributed by atoms with Crippen molar-refractivity contribution < 1.29 is 13.9 Å². The van der Waals surface area contributed by atoms with Gasteiger partial charge in [0.2, 0.25) is 0 Å². The second-order valence-corrected chi connectivity index (χ2v) is 16.7. The van der Waals surface area contributed by atoms with Gasteiger partial charge in [0.15, 0.2) is 11.6 Å². The molecule has 1 N–H and O–H groups in total. The van der Waals surface area contributed by atoms with Crippen molar-refractivity contribution in [1.29, 1.82) is 0 Å². The molecule has 8 heteroatoms. The van der Waals surface area contributed by atoms with Gasteiger partial charge in [0.05, 0.1) is 0 Å². The summed E-state index contributed by atoms with van der Waals surface area (Å²) in [6.45, 7) is 0. The first-order chi connectivity index (χ1) is 35.1. The number of aromatic nitrogens is 3. The van der Waals surface area contributed by atoms with Crippen molar-refractivity contribution in [2.24, 2.45) is 0 Å². The number of anilines is 6. The van der Waals surface area contributed by atoms with Crippen molar-refractivity contribution >= 4 is 58.4 Å². The van der Waals surface area contributed by atoms with E-state index in [9.17, 15) is 5.11 Å². The van der Waals surface area contributed by atoms with Crippen molar-refractivity contribution in [3.8, 4) is 51.4 Å². The van der Waals surface area contributed by atoms with Crippen LogP contribution in [-0.4, -0.2) is 20.1 Å². The predicted octanol–water partition coefficient (Wildman–Crippen LogP) is 16.7. The molecule has 0 saturated heterocycles. The van der Waals surface area contributed by atoms with E-state index >= 15 is 0 Å². The number of aromatic hydroxyl groups is 1. The molecule has 3 heterocycles. The van der Waals surface area contributed by atoms with Crippen LogP contribution < -0.4 is 9.80 Å². The highest BCUT2D eigenvalue weighted by Gasteiger charge is 2.15. The average molecular weight is 920 g/mol. The van der Waals surface area contributed by atoms with Crippen LogP contribution in [0.5, 0.6) is 6.01 Å². The molecule has 8 aromatic carbocycles. The Labute approximate surface area is 412 Å². The van der Waals surface area contributed by atoms with Crippen molar-refractivity contribution in [2.75, 3.05) is 9.80 Å². The Kier molecular flexibility index (Phi) is 12.5. The van der Waals surface area contributed by atoms with Crippen LogP contribution in [0.4, 0.5) is 34.1 Å². The standard InChI is InChI=1S/C63H45N5O3/c69-63-65-61(49-27-21-45(22-28-49)25-39-57-41-43-59(70-57)47-31-35-55(36-32-47)67(51-13-5-1-6-14-51)52-15-7-2-8-16-52)64-62(66-63)50-29-23-46(24-30-50)26-40-58-42-44-60(71-58)48-33-37-56(38-34-48)68(53-17-9-3-10-18-53)54-19-11-4-12-20-54/h1-44H,(H,64,65,66,69)/b39-25+,40-26+. The summed E-state index contributed by atoms with van der Waals surface area (Å²) in [5, 5.41) is 10.6. The van der Waals surface area contributed by atoms with Crippen LogP contribution in [0.15, 0.2) is 251 Å². The fourth-order valence-corrected chi connectivity index (χ4v) is 8.41. The molecule has 8 nitrogen and oxygen atoms in total. The first kappa shape index (κ1) is 43.8. The van der Waals surface area contributed by atoms with E-state index in [-0.39, 0.29) is 6.01 Å². The minimum atomic E-state index is -0.348. The van der Waals surface area contributed by atoms with Gasteiger partial charge in [-0.3, -0.25) is 0 Å². The van der Waals surface area contributed by atoms with E-state index < -0.39 is 0 Å². The average Bonchev–Trinajstić information content (AvgIpc) is 4.13. The van der Waals surface area contributed by atoms with Crippen LogP contribution in [-0.2, 0) is 0 Å². The molecule has 0 aliphatic rings. The van der Waals surface area contributed by atoms with E-state index in [1.165, 1.54) is 0 Å². The quantitative estimate of drug-likeness (QED) is 0.115. The normalized spacial score (nSPS) is 11.3. The van der Waals surface area contributed by atoms with Gasteiger partial charge in [0.25, 0.3) is 0 Å². The zero-order valence-corrected chi connectivity index (χ0v) is 38.4. The Morgan fingerprint density at radius 3 is 0.944 bits per heavy atom. The second kappa shape index (κ2) is 20.2. The third-order valence-electron chi connectivity index (χ3n) is 12.0. The summed E-state index contributed by atoms with van der Waals surface area (Å²) in [5.41, 5.74) is 11.9. The first-order valence-electron chi connectivity index (χ1n) is 23.3. The third kappa shape index (κ3) is 10.1. The van der Waals surface area contributed by atoms with E-state index in [0.717, 1.165) is 90.5 Å². The Hall–Kier alpha value is -9.79. The lowest BCUT2D eigenvalue weighted by Gasteiger charge is -2.25. The Morgan fingerprint density at radius 1 is 0.296 bits per heavy atom. The maximum atomic E-state index is 10.6. The van der Waals surface area contributed by atoms with Crippen molar-refractivity contribution in [1.82, 2.24) is 15.0 Å². The lowest BCUT2D eigenvalue weighted by atomic mass is 10.1. The summed E-state index contributed by atoms with van der Waals surface area (Å²) >= 11 is 0. The fourth-order valence-electron chi connectivity index (χ4n) is 8.41. The minimum absolute atomic E-state index is 0.348. The Bertz CT molecular complexity index is 3240. The first-order valence-corrected chi connectivity index (χ1v) is 23.3. The second-order valence-electron chi connectivity index (χ2n) is 16.7. The van der Waals surface area contributed by atoms with Gasteiger partial charge in [-0.05, 0) is 145 Å². The van der Waals surface area contributed by atoms with Gasteiger partial charge in [0.1, 0.15) is 23.0 Å². The number of furan rings is 2. The summed E-state index contributed by atoms with van der Waals surface area (Å²) in [6.07, 6.45) is 7.89. The molecule has 71 heavy (non-hydrogen) atoms. The molecule has 0 atom stereocenters. The van der Waals surface area contributed by atoms with E-state index in [0.29, 0.717) is 11.6 Å². The molecule has 0 fully saturated rings. The summed E-state index contributed by atoms with van der Waals surface area (Å²) in [5.74, 6) is 3.78. The van der Waals surface area contributed by atoms with E-state index in [1.807, 2.05) is 121 Å². The van der Waals surface area contributed by atoms with Gasteiger partial charge >= 0.3 is 6.01 Å². The lowest BCUT2D eigenvalue weighted by Crippen LogP contribution is -2.09. The smallest absolute Gasteiger partial charge is 0.318 e. The van der Waals surface area contributed by atoms with E-state index in [4.69, 9.17) is 13.8 Å². The molecule has 0 aliphatic carbocycles. The molecule has 340 valence electrons. The van der Waals surface area contributed by atoms with E-state index in [2.05, 4.69) is 165 Å². The largest absolute Gasteiger partial charge is 0.479 e. The molecule has 0 spiro atoms. The molecule has 0 aliphatic heterocycles. The van der Waals surface area contributed by atoms with Crippen molar-refractivity contribution in [3.63, 3.8) is 0 Å². The van der Waals surface area contributed by atoms with Crippen LogP contribution in [0.2, 0.25) is 0 Å². The SMILES string of the molecule is Oc1nc(-c2ccc(/C=C/c3ccc(-c4ccc(N(c5ccccc5)c5ccccc5)cc4)o3)cc2)nc(-c2ccc(/C=C/c3ccc(-c4ccc(N(c5ccccc5)c5ccccc5)cc4)o3)cc2)n1. The molecule has 0 unspecified atom stereocenters. The molecule has 0 amide bonds. The maximum absolute atomic E-state index is 10.6. The molecule has 11 rings (SSSR count). The zero-order chi connectivity index (χ0) is 47.8. The van der Waals surface area contributed by atoms with Crippen LogP contribution in [0.3, 0.4) is 0 Å². The number of para-hydroxylation sites is 4. The van der Waals surface area contributed by atoms with Gasteiger partial charge in [-0.1, -0.05) is 133 Å². The molecular formula is C63H45N5O3. The van der Waals surface area contributed by atoms with Crippen LogP contribution in [0.1, 0.15) is 22.6 Å². The minimum Gasteiger partial charge on any atom is -0.479 e. The van der Waals surface area contributed by atoms with Gasteiger partial charge in [-0.25, -0.2) is 4.98 Å². The summed E-state index contributed by atoms with van der Waals surface area (Å²) in [7, 11) is 0. The van der Waals surface area contributed by atoms with Gasteiger partial charge in [0, 0.05) is 56.4 Å². The zero-order valence-electron chi connectivity index (χ0n) is 38.4. The number of hydrogen-bond donors (Lipinski definition) is 1. The Morgan fingerprint density at radius 2 is 0.606 bits per heavy atom.